The Kier molecular flexibility index (Phi) is 5.29. The summed E-state index contributed by atoms with van der Waals surface area (Å²) in [5.74, 6) is 0.0757. The fourth-order valence-corrected chi connectivity index (χ4v) is 1.94. The Morgan fingerprint density at radius 2 is 2.40 bits per heavy atom. The highest BCUT2D eigenvalue weighted by atomic mass is 32.1. The summed E-state index contributed by atoms with van der Waals surface area (Å²) in [5.41, 5.74) is 0. The molecule has 0 N–H and O–H groups in total. The van der Waals surface area contributed by atoms with E-state index in [4.69, 9.17) is 4.74 Å². The molecule has 0 atom stereocenters. The van der Waals surface area contributed by atoms with E-state index in [-0.39, 0.29) is 12.4 Å². The zero-order chi connectivity index (χ0) is 11.1. The van der Waals surface area contributed by atoms with Crippen LogP contribution in [-0.2, 0) is 4.74 Å². The number of unbranched alkanes of at least 4 members (excludes halogenated alkanes) is 1. The summed E-state index contributed by atoms with van der Waals surface area (Å²) in [6.07, 6.45) is 3.72. The number of thiophene rings is 1. The lowest BCUT2D eigenvalue weighted by molar-refractivity contribution is 0.0761. The van der Waals surface area contributed by atoms with Crippen molar-refractivity contribution in [2.24, 2.45) is 0 Å². The lowest BCUT2D eigenvalue weighted by Crippen LogP contribution is -2.08. The molecule has 82 valence electrons. The summed E-state index contributed by atoms with van der Waals surface area (Å²) in [5, 5.41) is 0. The molecule has 0 saturated carbocycles. The molecule has 3 heteroatoms. The molecule has 1 aromatic heterocycles. The SMILES string of the molecule is C=CCCCOCC(=O)c1ccc(C)s1. The Morgan fingerprint density at radius 1 is 1.60 bits per heavy atom. The van der Waals surface area contributed by atoms with Gasteiger partial charge in [-0.2, -0.15) is 0 Å². The van der Waals surface area contributed by atoms with Gasteiger partial charge in [0, 0.05) is 11.5 Å². The zero-order valence-corrected chi connectivity index (χ0v) is 9.81. The van der Waals surface area contributed by atoms with Gasteiger partial charge in [-0.1, -0.05) is 6.08 Å². The van der Waals surface area contributed by atoms with Crippen LogP contribution >= 0.6 is 11.3 Å². The first kappa shape index (κ1) is 12.1. The van der Waals surface area contributed by atoms with Crippen molar-refractivity contribution in [2.45, 2.75) is 19.8 Å². The average molecular weight is 224 g/mol. The molecule has 0 aliphatic carbocycles. The minimum absolute atomic E-state index is 0.0757. The molecule has 0 aromatic carbocycles. The third-order valence-corrected chi connectivity index (χ3v) is 2.99. The smallest absolute Gasteiger partial charge is 0.198 e. The van der Waals surface area contributed by atoms with Gasteiger partial charge in [0.15, 0.2) is 5.78 Å². The average Bonchev–Trinajstić information content (AvgIpc) is 2.64. The van der Waals surface area contributed by atoms with Crippen molar-refractivity contribution in [3.05, 3.63) is 34.5 Å². The van der Waals surface area contributed by atoms with E-state index < -0.39 is 0 Å². The van der Waals surface area contributed by atoms with E-state index in [2.05, 4.69) is 6.58 Å². The van der Waals surface area contributed by atoms with Crippen molar-refractivity contribution in [1.82, 2.24) is 0 Å². The fourth-order valence-electron chi connectivity index (χ4n) is 1.15. The molecule has 0 radical (unpaired) electrons. The molecule has 1 heterocycles. The largest absolute Gasteiger partial charge is 0.373 e. The van der Waals surface area contributed by atoms with Gasteiger partial charge >= 0.3 is 0 Å². The Bertz CT molecular complexity index is 328. The van der Waals surface area contributed by atoms with Crippen molar-refractivity contribution < 1.29 is 9.53 Å². The fraction of sp³-hybridized carbons (Fsp3) is 0.417. The molecule has 0 spiro atoms. The van der Waals surface area contributed by atoms with Crippen molar-refractivity contribution in [3.8, 4) is 0 Å². The summed E-state index contributed by atoms with van der Waals surface area (Å²) >= 11 is 1.52. The van der Waals surface area contributed by atoms with Gasteiger partial charge in [0.1, 0.15) is 6.61 Å². The second-order valence-electron chi connectivity index (χ2n) is 3.32. The van der Waals surface area contributed by atoms with E-state index in [0.29, 0.717) is 6.61 Å². The molecule has 0 saturated heterocycles. The summed E-state index contributed by atoms with van der Waals surface area (Å²) < 4.78 is 5.27. The molecular formula is C12H16O2S. The summed E-state index contributed by atoms with van der Waals surface area (Å²) in [6.45, 7) is 6.43. The van der Waals surface area contributed by atoms with Gasteiger partial charge in [-0.05, 0) is 31.9 Å². The first-order valence-electron chi connectivity index (χ1n) is 5.02. The van der Waals surface area contributed by atoms with Crippen LogP contribution in [0.4, 0.5) is 0 Å². The van der Waals surface area contributed by atoms with Crippen molar-refractivity contribution in [1.29, 1.82) is 0 Å². The topological polar surface area (TPSA) is 26.3 Å². The van der Waals surface area contributed by atoms with E-state index in [9.17, 15) is 4.79 Å². The number of carbonyl (C=O) groups excluding carboxylic acids is 1. The number of carbonyl (C=O) groups is 1. The standard InChI is InChI=1S/C12H16O2S/c1-3-4-5-8-14-9-11(13)12-7-6-10(2)15-12/h3,6-7H,1,4-5,8-9H2,2H3. The second-order valence-corrected chi connectivity index (χ2v) is 4.60. The quantitative estimate of drug-likeness (QED) is 0.404. The number of rotatable bonds is 7. The maximum Gasteiger partial charge on any atom is 0.198 e. The molecule has 0 aliphatic rings. The van der Waals surface area contributed by atoms with Gasteiger partial charge in [-0.15, -0.1) is 17.9 Å². The number of Topliss-reactive ketones (excluding diaryl/α,β-unsaturated/α-hetero) is 1. The number of hydrogen-bond acceptors (Lipinski definition) is 3. The normalized spacial score (nSPS) is 10.2. The molecule has 0 unspecified atom stereocenters. The van der Waals surface area contributed by atoms with Gasteiger partial charge in [-0.25, -0.2) is 0 Å². The zero-order valence-electron chi connectivity index (χ0n) is 8.99. The van der Waals surface area contributed by atoms with Crippen LogP contribution in [0.5, 0.6) is 0 Å². The van der Waals surface area contributed by atoms with Crippen molar-refractivity contribution in [3.63, 3.8) is 0 Å². The Balaban J connectivity index is 2.22. The lowest BCUT2D eigenvalue weighted by Gasteiger charge is -2.00. The van der Waals surface area contributed by atoms with E-state index in [0.717, 1.165) is 22.6 Å². The third-order valence-electron chi connectivity index (χ3n) is 1.95. The van der Waals surface area contributed by atoms with Gasteiger partial charge in [-0.3, -0.25) is 4.79 Å². The van der Waals surface area contributed by atoms with E-state index in [1.165, 1.54) is 11.3 Å². The van der Waals surface area contributed by atoms with E-state index in [1.807, 2.05) is 25.1 Å². The van der Waals surface area contributed by atoms with Gasteiger partial charge in [0.05, 0.1) is 4.88 Å². The molecule has 0 amide bonds. The minimum atomic E-state index is 0.0757. The first-order chi connectivity index (χ1) is 7.24. The highest BCUT2D eigenvalue weighted by molar-refractivity contribution is 7.14. The van der Waals surface area contributed by atoms with Crippen LogP contribution < -0.4 is 0 Å². The number of hydrogen-bond donors (Lipinski definition) is 0. The summed E-state index contributed by atoms with van der Waals surface area (Å²) in [7, 11) is 0. The highest BCUT2D eigenvalue weighted by Crippen LogP contribution is 2.15. The van der Waals surface area contributed by atoms with E-state index in [1.54, 1.807) is 0 Å². The molecule has 2 nitrogen and oxygen atoms in total. The van der Waals surface area contributed by atoms with Gasteiger partial charge < -0.3 is 4.74 Å². The molecular weight excluding hydrogens is 208 g/mol. The number of allylic oxidation sites excluding steroid dienone is 1. The maximum atomic E-state index is 11.6. The number of ether oxygens (including phenoxy) is 1. The van der Waals surface area contributed by atoms with Crippen LogP contribution in [0, 0.1) is 6.92 Å². The molecule has 0 fully saturated rings. The Morgan fingerprint density at radius 3 is 3.00 bits per heavy atom. The molecule has 0 bridgehead atoms. The van der Waals surface area contributed by atoms with Crippen LogP contribution in [0.3, 0.4) is 0 Å². The highest BCUT2D eigenvalue weighted by Gasteiger charge is 2.07. The minimum Gasteiger partial charge on any atom is -0.373 e. The van der Waals surface area contributed by atoms with Crippen molar-refractivity contribution >= 4 is 17.1 Å². The van der Waals surface area contributed by atoms with Crippen LogP contribution in [0.15, 0.2) is 24.8 Å². The van der Waals surface area contributed by atoms with Crippen LogP contribution in [-0.4, -0.2) is 19.0 Å². The molecule has 1 aromatic rings. The van der Waals surface area contributed by atoms with Crippen molar-refractivity contribution in [2.75, 3.05) is 13.2 Å². The van der Waals surface area contributed by atoms with Crippen LogP contribution in [0.1, 0.15) is 27.4 Å². The second kappa shape index (κ2) is 6.53. The third kappa shape index (κ3) is 4.40. The predicted octanol–water partition coefficient (Wildman–Crippen LogP) is 3.22. The monoisotopic (exact) mass is 224 g/mol. The van der Waals surface area contributed by atoms with Gasteiger partial charge in [0.25, 0.3) is 0 Å². The lowest BCUT2D eigenvalue weighted by atomic mass is 10.3. The molecule has 0 aliphatic heterocycles. The molecule has 15 heavy (non-hydrogen) atoms. The Labute approximate surface area is 94.6 Å². The summed E-state index contributed by atoms with van der Waals surface area (Å²) in [6, 6.07) is 3.81. The van der Waals surface area contributed by atoms with Crippen LogP contribution in [0.2, 0.25) is 0 Å². The first-order valence-corrected chi connectivity index (χ1v) is 5.84. The van der Waals surface area contributed by atoms with Gasteiger partial charge in [0.2, 0.25) is 0 Å². The summed E-state index contributed by atoms with van der Waals surface area (Å²) in [4.78, 5) is 13.5. The number of ketones is 1. The Hall–Kier alpha value is -0.930. The predicted molar refractivity (Wildman–Crippen MR) is 63.6 cm³/mol. The van der Waals surface area contributed by atoms with E-state index >= 15 is 0 Å². The van der Waals surface area contributed by atoms with Crippen LogP contribution in [0.25, 0.3) is 0 Å². The number of aryl methyl sites for hydroxylation is 1. The molecule has 1 rings (SSSR count). The maximum absolute atomic E-state index is 11.6.